The van der Waals surface area contributed by atoms with Crippen LogP contribution in [0.1, 0.15) is 52.4 Å². The first kappa shape index (κ1) is 14.8. The summed E-state index contributed by atoms with van der Waals surface area (Å²) in [5, 5.41) is 12.8. The molecule has 102 valence electrons. The first-order chi connectivity index (χ1) is 8.28. The van der Waals surface area contributed by atoms with Gasteiger partial charge in [-0.15, -0.1) is 0 Å². The summed E-state index contributed by atoms with van der Waals surface area (Å²) in [6.45, 7) is 7.95. The molecule has 0 saturated heterocycles. The molecular weight excluding hydrogens is 230 g/mol. The van der Waals surface area contributed by atoms with E-state index < -0.39 is 6.10 Å². The number of furan rings is 1. The summed E-state index contributed by atoms with van der Waals surface area (Å²) in [4.78, 5) is 11.7. The van der Waals surface area contributed by atoms with Crippen molar-refractivity contribution in [2.45, 2.75) is 52.7 Å². The van der Waals surface area contributed by atoms with Gasteiger partial charge >= 0.3 is 0 Å². The largest absolute Gasteiger partial charge is 0.467 e. The lowest BCUT2D eigenvalue weighted by Gasteiger charge is -2.21. The van der Waals surface area contributed by atoms with Crippen LogP contribution in [0.15, 0.2) is 22.8 Å². The average molecular weight is 253 g/mol. The van der Waals surface area contributed by atoms with Gasteiger partial charge in [0.15, 0.2) is 0 Å². The van der Waals surface area contributed by atoms with Crippen molar-refractivity contribution in [1.82, 2.24) is 5.32 Å². The molecule has 0 aliphatic rings. The SMILES string of the molecule is CC(CC(O)c1ccco1)NC(=O)CC(C)(C)C. The van der Waals surface area contributed by atoms with Gasteiger partial charge in [-0.25, -0.2) is 0 Å². The van der Waals surface area contributed by atoms with Gasteiger partial charge in [0.05, 0.1) is 6.26 Å². The smallest absolute Gasteiger partial charge is 0.220 e. The third kappa shape index (κ3) is 5.36. The molecule has 2 unspecified atom stereocenters. The zero-order valence-corrected chi connectivity index (χ0v) is 11.6. The van der Waals surface area contributed by atoms with Gasteiger partial charge in [-0.2, -0.15) is 0 Å². The fourth-order valence-electron chi connectivity index (χ4n) is 1.80. The Bertz CT molecular complexity index is 365. The number of amides is 1. The van der Waals surface area contributed by atoms with Crippen LogP contribution in [0, 0.1) is 5.41 Å². The first-order valence-corrected chi connectivity index (χ1v) is 6.29. The van der Waals surface area contributed by atoms with Crippen LogP contribution >= 0.6 is 0 Å². The first-order valence-electron chi connectivity index (χ1n) is 6.29. The van der Waals surface area contributed by atoms with E-state index in [1.807, 2.05) is 27.7 Å². The highest BCUT2D eigenvalue weighted by molar-refractivity contribution is 5.76. The minimum atomic E-state index is -0.676. The van der Waals surface area contributed by atoms with E-state index in [0.29, 0.717) is 18.6 Å². The highest BCUT2D eigenvalue weighted by Crippen LogP contribution is 2.20. The van der Waals surface area contributed by atoms with Gasteiger partial charge in [-0.05, 0) is 24.5 Å². The van der Waals surface area contributed by atoms with Crippen molar-refractivity contribution in [1.29, 1.82) is 0 Å². The molecule has 1 rings (SSSR count). The summed E-state index contributed by atoms with van der Waals surface area (Å²) in [5.41, 5.74) is -0.0244. The van der Waals surface area contributed by atoms with Gasteiger partial charge in [0, 0.05) is 18.9 Å². The van der Waals surface area contributed by atoms with Crippen molar-refractivity contribution in [2.75, 3.05) is 0 Å². The Kier molecular flexibility index (Phi) is 4.96. The summed E-state index contributed by atoms with van der Waals surface area (Å²) in [6.07, 6.45) is 1.78. The molecule has 1 aromatic rings. The minimum Gasteiger partial charge on any atom is -0.467 e. The number of carbonyl (C=O) groups excluding carboxylic acids is 1. The lowest BCUT2D eigenvalue weighted by atomic mass is 9.92. The van der Waals surface area contributed by atoms with Gasteiger partial charge in [-0.1, -0.05) is 20.8 Å². The zero-order chi connectivity index (χ0) is 13.8. The predicted octanol–water partition coefficient (Wildman–Crippen LogP) is 2.64. The molecule has 0 bridgehead atoms. The average Bonchev–Trinajstić information content (AvgIpc) is 2.65. The van der Waals surface area contributed by atoms with Crippen LogP contribution in [-0.4, -0.2) is 17.1 Å². The molecule has 0 spiro atoms. The Labute approximate surface area is 108 Å². The number of hydrogen-bond donors (Lipinski definition) is 2. The van der Waals surface area contributed by atoms with Crippen LogP contribution in [-0.2, 0) is 4.79 Å². The summed E-state index contributed by atoms with van der Waals surface area (Å²) < 4.78 is 5.12. The monoisotopic (exact) mass is 253 g/mol. The highest BCUT2D eigenvalue weighted by Gasteiger charge is 2.19. The molecule has 0 fully saturated rings. The Balaban J connectivity index is 2.37. The van der Waals surface area contributed by atoms with E-state index in [2.05, 4.69) is 5.32 Å². The number of carbonyl (C=O) groups is 1. The molecule has 0 saturated carbocycles. The van der Waals surface area contributed by atoms with E-state index in [9.17, 15) is 9.90 Å². The Hall–Kier alpha value is -1.29. The molecule has 1 amide bonds. The number of rotatable bonds is 5. The van der Waals surface area contributed by atoms with Crippen LogP contribution in [0.4, 0.5) is 0 Å². The second kappa shape index (κ2) is 6.05. The quantitative estimate of drug-likeness (QED) is 0.848. The van der Waals surface area contributed by atoms with Crippen LogP contribution < -0.4 is 5.32 Å². The van der Waals surface area contributed by atoms with Gasteiger partial charge in [0.25, 0.3) is 0 Å². The molecule has 1 aromatic heterocycles. The minimum absolute atomic E-state index is 0.0154. The number of hydrogen-bond acceptors (Lipinski definition) is 3. The molecule has 0 aliphatic carbocycles. The molecular formula is C14H23NO3. The topological polar surface area (TPSA) is 62.5 Å². The van der Waals surface area contributed by atoms with Crippen molar-refractivity contribution in [3.05, 3.63) is 24.2 Å². The van der Waals surface area contributed by atoms with E-state index in [1.165, 1.54) is 6.26 Å². The van der Waals surface area contributed by atoms with Crippen LogP contribution in [0.2, 0.25) is 0 Å². The van der Waals surface area contributed by atoms with Crippen LogP contribution in [0.25, 0.3) is 0 Å². The van der Waals surface area contributed by atoms with E-state index in [0.717, 1.165) is 0 Å². The molecule has 0 aromatic carbocycles. The number of aliphatic hydroxyl groups is 1. The Morgan fingerprint density at radius 2 is 2.17 bits per heavy atom. The standard InChI is InChI=1S/C14H23NO3/c1-10(15-13(17)9-14(2,3)4)8-11(16)12-6-5-7-18-12/h5-7,10-11,16H,8-9H2,1-4H3,(H,15,17). The lowest BCUT2D eigenvalue weighted by molar-refractivity contribution is -0.123. The molecule has 1 heterocycles. The van der Waals surface area contributed by atoms with Gasteiger partial charge in [-0.3, -0.25) is 4.79 Å². The fourth-order valence-corrected chi connectivity index (χ4v) is 1.80. The van der Waals surface area contributed by atoms with Crippen molar-refractivity contribution in [3.63, 3.8) is 0 Å². The van der Waals surface area contributed by atoms with E-state index in [-0.39, 0.29) is 17.4 Å². The molecule has 18 heavy (non-hydrogen) atoms. The maximum absolute atomic E-state index is 11.7. The lowest BCUT2D eigenvalue weighted by Crippen LogP contribution is -2.35. The van der Waals surface area contributed by atoms with E-state index >= 15 is 0 Å². The van der Waals surface area contributed by atoms with Crippen molar-refractivity contribution < 1.29 is 14.3 Å². The van der Waals surface area contributed by atoms with Crippen LogP contribution in [0.3, 0.4) is 0 Å². The van der Waals surface area contributed by atoms with Gasteiger partial charge in [0.1, 0.15) is 11.9 Å². The highest BCUT2D eigenvalue weighted by atomic mass is 16.4. The molecule has 2 atom stereocenters. The second-order valence-electron chi connectivity index (χ2n) is 5.97. The summed E-state index contributed by atoms with van der Waals surface area (Å²) in [5.74, 6) is 0.550. The molecule has 4 heteroatoms. The molecule has 0 radical (unpaired) electrons. The molecule has 2 N–H and O–H groups in total. The fraction of sp³-hybridized carbons (Fsp3) is 0.643. The van der Waals surface area contributed by atoms with Crippen molar-refractivity contribution >= 4 is 5.91 Å². The maximum atomic E-state index is 11.7. The van der Waals surface area contributed by atoms with Gasteiger partial charge in [0.2, 0.25) is 5.91 Å². The van der Waals surface area contributed by atoms with E-state index in [1.54, 1.807) is 12.1 Å². The molecule has 4 nitrogen and oxygen atoms in total. The Morgan fingerprint density at radius 1 is 1.50 bits per heavy atom. The number of nitrogens with one attached hydrogen (secondary N) is 1. The van der Waals surface area contributed by atoms with Crippen molar-refractivity contribution in [3.8, 4) is 0 Å². The normalized spacial score (nSPS) is 15.2. The zero-order valence-electron chi connectivity index (χ0n) is 11.6. The third-order valence-corrected chi connectivity index (χ3v) is 2.55. The van der Waals surface area contributed by atoms with Crippen molar-refractivity contribution in [2.24, 2.45) is 5.41 Å². The summed E-state index contributed by atoms with van der Waals surface area (Å²) >= 11 is 0. The van der Waals surface area contributed by atoms with Gasteiger partial charge < -0.3 is 14.8 Å². The third-order valence-electron chi connectivity index (χ3n) is 2.55. The van der Waals surface area contributed by atoms with E-state index in [4.69, 9.17) is 4.42 Å². The summed E-state index contributed by atoms with van der Waals surface area (Å²) in [6, 6.07) is 3.38. The van der Waals surface area contributed by atoms with Crippen LogP contribution in [0.5, 0.6) is 0 Å². The maximum Gasteiger partial charge on any atom is 0.220 e. The number of aliphatic hydroxyl groups excluding tert-OH is 1. The Morgan fingerprint density at radius 3 is 2.67 bits per heavy atom. The molecule has 0 aliphatic heterocycles. The summed E-state index contributed by atoms with van der Waals surface area (Å²) in [7, 11) is 0. The predicted molar refractivity (Wildman–Crippen MR) is 70.0 cm³/mol. The second-order valence-corrected chi connectivity index (χ2v) is 5.97.